The average Bonchev–Trinajstić information content (AvgIpc) is 2.81. The van der Waals surface area contributed by atoms with Crippen molar-refractivity contribution in [3.8, 4) is 11.1 Å². The number of para-hydroxylation sites is 2. The van der Waals surface area contributed by atoms with E-state index in [1.54, 1.807) is 4.90 Å². The number of anilines is 4. The van der Waals surface area contributed by atoms with E-state index in [2.05, 4.69) is 34.5 Å². The van der Waals surface area contributed by atoms with Crippen molar-refractivity contribution in [2.24, 2.45) is 0 Å². The molecule has 4 heteroatoms. The van der Waals surface area contributed by atoms with Gasteiger partial charge in [0.25, 0.3) is 0 Å². The third-order valence-corrected chi connectivity index (χ3v) is 5.06. The number of hydrogen-bond donors (Lipinski definition) is 1. The normalized spacial score (nSPS) is 10.4. The molecule has 2 amide bonds. The fourth-order valence-corrected chi connectivity index (χ4v) is 3.45. The van der Waals surface area contributed by atoms with Gasteiger partial charge in [-0.05, 0) is 59.7 Å². The van der Waals surface area contributed by atoms with Gasteiger partial charge in [-0.3, -0.25) is 4.90 Å². The van der Waals surface area contributed by atoms with E-state index in [1.807, 2.05) is 99.0 Å². The molecule has 0 aliphatic heterocycles. The molecule has 4 nitrogen and oxygen atoms in total. The first-order valence-electron chi connectivity index (χ1n) is 10.2. The Bertz CT molecular complexity index is 1100. The Hall–Kier alpha value is -4.05. The molecule has 154 valence electrons. The summed E-state index contributed by atoms with van der Waals surface area (Å²) in [5.74, 6) is 0. The predicted octanol–water partition coefficient (Wildman–Crippen LogP) is 6.79. The van der Waals surface area contributed by atoms with Crippen molar-refractivity contribution >= 4 is 28.8 Å². The van der Waals surface area contributed by atoms with Crippen LogP contribution in [-0.4, -0.2) is 20.1 Å². The van der Waals surface area contributed by atoms with Gasteiger partial charge in [-0.1, -0.05) is 60.7 Å². The molecule has 0 aliphatic carbocycles. The van der Waals surface area contributed by atoms with Crippen LogP contribution in [0.2, 0.25) is 0 Å². The summed E-state index contributed by atoms with van der Waals surface area (Å²) in [6.45, 7) is 0. The Balaban J connectivity index is 1.60. The lowest BCUT2D eigenvalue weighted by Crippen LogP contribution is -2.30. The van der Waals surface area contributed by atoms with E-state index in [9.17, 15) is 4.79 Å². The van der Waals surface area contributed by atoms with Gasteiger partial charge >= 0.3 is 6.03 Å². The number of hydrogen-bond acceptors (Lipinski definition) is 2. The van der Waals surface area contributed by atoms with Crippen molar-refractivity contribution in [1.82, 2.24) is 0 Å². The first-order valence-corrected chi connectivity index (χ1v) is 10.2. The van der Waals surface area contributed by atoms with Gasteiger partial charge < -0.3 is 10.2 Å². The number of urea groups is 1. The molecule has 0 bridgehead atoms. The van der Waals surface area contributed by atoms with Crippen LogP contribution in [0.25, 0.3) is 11.1 Å². The van der Waals surface area contributed by atoms with Crippen molar-refractivity contribution in [3.05, 3.63) is 109 Å². The number of carbonyl (C=O) groups is 1. The quantitative estimate of drug-likeness (QED) is 0.395. The highest BCUT2D eigenvalue weighted by molar-refractivity contribution is 6.07. The van der Waals surface area contributed by atoms with Crippen LogP contribution in [0.15, 0.2) is 109 Å². The highest BCUT2D eigenvalue weighted by atomic mass is 16.2. The molecular formula is C27H25N3O. The van der Waals surface area contributed by atoms with Gasteiger partial charge in [-0.2, -0.15) is 0 Å². The fourth-order valence-electron chi connectivity index (χ4n) is 3.45. The molecule has 0 aliphatic rings. The summed E-state index contributed by atoms with van der Waals surface area (Å²) in [5.41, 5.74) is 5.66. The molecule has 0 spiro atoms. The van der Waals surface area contributed by atoms with E-state index in [0.717, 1.165) is 33.9 Å². The van der Waals surface area contributed by atoms with Gasteiger partial charge in [-0.25, -0.2) is 4.79 Å². The average molecular weight is 408 g/mol. The summed E-state index contributed by atoms with van der Waals surface area (Å²) in [4.78, 5) is 17.0. The lowest BCUT2D eigenvalue weighted by atomic mass is 10.0. The Kier molecular flexibility index (Phi) is 5.99. The van der Waals surface area contributed by atoms with Crippen molar-refractivity contribution in [3.63, 3.8) is 0 Å². The Labute approximate surface area is 183 Å². The summed E-state index contributed by atoms with van der Waals surface area (Å²) < 4.78 is 0. The fraction of sp³-hybridized carbons (Fsp3) is 0.0741. The van der Waals surface area contributed by atoms with Crippen LogP contribution < -0.4 is 15.1 Å². The standard InChI is InChI=1S/C27H25N3O/c1-29(2)24-18-16-21(17-19-24)22-10-9-11-23(20-22)28-27(31)30(25-12-5-3-6-13-25)26-14-7-4-8-15-26/h3-20H,1-2H3,(H,28,31). The maximum Gasteiger partial charge on any atom is 0.330 e. The van der Waals surface area contributed by atoms with E-state index in [-0.39, 0.29) is 6.03 Å². The second-order valence-electron chi connectivity index (χ2n) is 7.46. The topological polar surface area (TPSA) is 35.6 Å². The zero-order chi connectivity index (χ0) is 21.6. The molecule has 0 saturated carbocycles. The molecule has 1 N–H and O–H groups in total. The van der Waals surface area contributed by atoms with Gasteiger partial charge in [-0.15, -0.1) is 0 Å². The Morgan fingerprint density at radius 2 is 1.19 bits per heavy atom. The van der Waals surface area contributed by atoms with Gasteiger partial charge in [0.05, 0.1) is 11.4 Å². The monoisotopic (exact) mass is 407 g/mol. The molecule has 0 saturated heterocycles. The zero-order valence-corrected chi connectivity index (χ0v) is 17.7. The molecule has 0 atom stereocenters. The number of benzene rings is 4. The van der Waals surface area contributed by atoms with Crippen molar-refractivity contribution in [1.29, 1.82) is 0 Å². The molecular weight excluding hydrogens is 382 g/mol. The molecule has 0 heterocycles. The van der Waals surface area contributed by atoms with Crippen LogP contribution in [0, 0.1) is 0 Å². The van der Waals surface area contributed by atoms with Gasteiger partial charge in [0, 0.05) is 25.5 Å². The maximum atomic E-state index is 13.3. The molecule has 0 aromatic heterocycles. The summed E-state index contributed by atoms with van der Waals surface area (Å²) in [7, 11) is 4.05. The highest BCUT2D eigenvalue weighted by Gasteiger charge is 2.18. The smallest absolute Gasteiger partial charge is 0.330 e. The van der Waals surface area contributed by atoms with Crippen LogP contribution in [-0.2, 0) is 0 Å². The van der Waals surface area contributed by atoms with Crippen LogP contribution in [0.1, 0.15) is 0 Å². The summed E-state index contributed by atoms with van der Waals surface area (Å²) in [6, 6.07) is 35.4. The van der Waals surface area contributed by atoms with Gasteiger partial charge in [0.1, 0.15) is 0 Å². The SMILES string of the molecule is CN(C)c1ccc(-c2cccc(NC(=O)N(c3ccccc3)c3ccccc3)c2)cc1. The minimum atomic E-state index is -0.211. The highest BCUT2D eigenvalue weighted by Crippen LogP contribution is 2.28. The number of nitrogens with one attached hydrogen (secondary N) is 1. The largest absolute Gasteiger partial charge is 0.378 e. The van der Waals surface area contributed by atoms with Gasteiger partial charge in [0.15, 0.2) is 0 Å². The van der Waals surface area contributed by atoms with E-state index < -0.39 is 0 Å². The summed E-state index contributed by atoms with van der Waals surface area (Å²) in [5, 5.41) is 3.06. The number of carbonyl (C=O) groups excluding carboxylic acids is 1. The molecule has 4 aromatic carbocycles. The second-order valence-corrected chi connectivity index (χ2v) is 7.46. The van der Waals surface area contributed by atoms with E-state index in [4.69, 9.17) is 0 Å². The van der Waals surface area contributed by atoms with Crippen molar-refractivity contribution in [2.45, 2.75) is 0 Å². The molecule has 0 radical (unpaired) electrons. The lowest BCUT2D eigenvalue weighted by molar-refractivity contribution is 0.259. The summed E-state index contributed by atoms with van der Waals surface area (Å²) >= 11 is 0. The lowest BCUT2D eigenvalue weighted by Gasteiger charge is -2.23. The van der Waals surface area contributed by atoms with Crippen LogP contribution >= 0.6 is 0 Å². The first kappa shape index (κ1) is 20.2. The number of nitrogens with zero attached hydrogens (tertiary/aromatic N) is 2. The molecule has 0 unspecified atom stereocenters. The van der Waals surface area contributed by atoms with E-state index in [0.29, 0.717) is 0 Å². The minimum Gasteiger partial charge on any atom is -0.378 e. The van der Waals surface area contributed by atoms with Crippen LogP contribution in [0.4, 0.5) is 27.5 Å². The third-order valence-electron chi connectivity index (χ3n) is 5.06. The predicted molar refractivity (Wildman–Crippen MR) is 130 cm³/mol. The van der Waals surface area contributed by atoms with Crippen LogP contribution in [0.5, 0.6) is 0 Å². The second kappa shape index (κ2) is 9.18. The van der Waals surface area contributed by atoms with E-state index >= 15 is 0 Å². The Morgan fingerprint density at radius 3 is 1.74 bits per heavy atom. The molecule has 31 heavy (non-hydrogen) atoms. The molecule has 0 fully saturated rings. The van der Waals surface area contributed by atoms with E-state index in [1.165, 1.54) is 0 Å². The molecule has 4 rings (SSSR count). The Morgan fingerprint density at radius 1 is 0.613 bits per heavy atom. The molecule has 4 aromatic rings. The summed E-state index contributed by atoms with van der Waals surface area (Å²) in [6.07, 6.45) is 0. The maximum absolute atomic E-state index is 13.3. The zero-order valence-electron chi connectivity index (χ0n) is 17.7. The minimum absolute atomic E-state index is 0.211. The first-order chi connectivity index (χ1) is 15.1. The van der Waals surface area contributed by atoms with Crippen LogP contribution in [0.3, 0.4) is 0 Å². The third kappa shape index (κ3) is 4.75. The number of amides is 2. The van der Waals surface area contributed by atoms with Gasteiger partial charge in [0.2, 0.25) is 0 Å². The number of rotatable bonds is 5. The van der Waals surface area contributed by atoms with Crippen molar-refractivity contribution < 1.29 is 4.79 Å². The van der Waals surface area contributed by atoms with Crippen molar-refractivity contribution in [2.75, 3.05) is 29.2 Å².